The maximum atomic E-state index is 6.56. The molecule has 120 valence electrons. The standard InChI is InChI=1S/C16H16Cl2N4O/c1-2-23-12-5-10(17)15(18)16-14(12)13(9-6-20-21-7-9)11-8-19-3-4-22(11)16/h5-7,19H,2-4,8H2,1H3,(H,20,21). The highest BCUT2D eigenvalue weighted by Crippen LogP contribution is 2.46. The molecule has 5 nitrogen and oxygen atoms in total. The molecule has 3 aromatic rings. The van der Waals surface area contributed by atoms with Crippen LogP contribution in [0, 0.1) is 0 Å². The molecule has 23 heavy (non-hydrogen) atoms. The third-order valence-electron chi connectivity index (χ3n) is 4.18. The Hall–Kier alpha value is -1.69. The number of aromatic nitrogens is 3. The first kappa shape index (κ1) is 14.9. The van der Waals surface area contributed by atoms with Gasteiger partial charge in [0.25, 0.3) is 0 Å². The predicted molar refractivity (Wildman–Crippen MR) is 92.4 cm³/mol. The second-order valence-electron chi connectivity index (χ2n) is 5.46. The van der Waals surface area contributed by atoms with E-state index in [0.29, 0.717) is 16.7 Å². The van der Waals surface area contributed by atoms with Crippen LogP contribution in [0.3, 0.4) is 0 Å². The first-order chi connectivity index (χ1) is 11.2. The highest BCUT2D eigenvalue weighted by Gasteiger charge is 2.26. The summed E-state index contributed by atoms with van der Waals surface area (Å²) in [6.07, 6.45) is 3.71. The summed E-state index contributed by atoms with van der Waals surface area (Å²) in [6, 6.07) is 1.80. The van der Waals surface area contributed by atoms with Crippen molar-refractivity contribution in [3.8, 4) is 16.9 Å². The Balaban J connectivity index is 2.16. The van der Waals surface area contributed by atoms with Gasteiger partial charge in [0.05, 0.1) is 33.8 Å². The smallest absolute Gasteiger partial charge is 0.130 e. The highest BCUT2D eigenvalue weighted by molar-refractivity contribution is 6.45. The minimum absolute atomic E-state index is 0.514. The van der Waals surface area contributed by atoms with Crippen molar-refractivity contribution in [2.45, 2.75) is 20.0 Å². The lowest BCUT2D eigenvalue weighted by Gasteiger charge is -2.18. The monoisotopic (exact) mass is 350 g/mol. The number of hydrogen-bond acceptors (Lipinski definition) is 3. The topological polar surface area (TPSA) is 54.9 Å². The van der Waals surface area contributed by atoms with Crippen LogP contribution in [0.1, 0.15) is 12.6 Å². The van der Waals surface area contributed by atoms with Crippen molar-refractivity contribution in [3.05, 3.63) is 34.2 Å². The van der Waals surface area contributed by atoms with E-state index < -0.39 is 0 Å². The largest absolute Gasteiger partial charge is 0.493 e. The second-order valence-corrected chi connectivity index (χ2v) is 6.25. The third-order valence-corrected chi connectivity index (χ3v) is 4.96. The van der Waals surface area contributed by atoms with Gasteiger partial charge >= 0.3 is 0 Å². The van der Waals surface area contributed by atoms with E-state index in [9.17, 15) is 0 Å². The predicted octanol–water partition coefficient (Wildman–Crippen LogP) is 3.84. The molecule has 1 aliphatic heterocycles. The molecular weight excluding hydrogens is 335 g/mol. The van der Waals surface area contributed by atoms with Crippen LogP contribution in [0.2, 0.25) is 10.0 Å². The van der Waals surface area contributed by atoms with Gasteiger partial charge in [0.1, 0.15) is 5.75 Å². The van der Waals surface area contributed by atoms with E-state index in [1.807, 2.05) is 19.3 Å². The van der Waals surface area contributed by atoms with Crippen molar-refractivity contribution in [2.24, 2.45) is 0 Å². The average Bonchev–Trinajstić information content (AvgIpc) is 3.18. The molecule has 0 radical (unpaired) electrons. The number of halogens is 2. The summed E-state index contributed by atoms with van der Waals surface area (Å²) in [4.78, 5) is 0. The number of ether oxygens (including phenoxy) is 1. The molecular formula is C16H16Cl2N4O. The highest BCUT2D eigenvalue weighted by atomic mass is 35.5. The Morgan fingerprint density at radius 1 is 1.39 bits per heavy atom. The fourth-order valence-corrected chi connectivity index (χ4v) is 3.74. The van der Waals surface area contributed by atoms with Crippen LogP contribution in [0.4, 0.5) is 0 Å². The van der Waals surface area contributed by atoms with Gasteiger partial charge in [-0.2, -0.15) is 5.10 Å². The van der Waals surface area contributed by atoms with Gasteiger partial charge in [-0.3, -0.25) is 5.10 Å². The fourth-order valence-electron chi connectivity index (χ4n) is 3.30. The Labute approximate surface area is 143 Å². The van der Waals surface area contributed by atoms with Gasteiger partial charge in [0, 0.05) is 48.7 Å². The summed E-state index contributed by atoms with van der Waals surface area (Å²) < 4.78 is 8.10. The molecule has 2 aromatic heterocycles. The SMILES string of the molecule is CCOc1cc(Cl)c(Cl)c2c1c(-c1cn[nH]c1)c1n2CCNC1. The maximum absolute atomic E-state index is 6.56. The molecule has 0 saturated heterocycles. The quantitative estimate of drug-likeness (QED) is 0.754. The Morgan fingerprint density at radius 2 is 2.26 bits per heavy atom. The van der Waals surface area contributed by atoms with Gasteiger partial charge in [0.2, 0.25) is 0 Å². The summed E-state index contributed by atoms with van der Waals surface area (Å²) >= 11 is 12.9. The number of H-pyrrole nitrogens is 1. The maximum Gasteiger partial charge on any atom is 0.130 e. The van der Waals surface area contributed by atoms with E-state index >= 15 is 0 Å². The number of aromatic amines is 1. The Morgan fingerprint density at radius 3 is 3.00 bits per heavy atom. The molecule has 0 bridgehead atoms. The first-order valence-corrected chi connectivity index (χ1v) is 8.33. The summed E-state index contributed by atoms with van der Waals surface area (Å²) in [6.45, 7) is 5.04. The molecule has 7 heteroatoms. The van der Waals surface area contributed by atoms with Crippen molar-refractivity contribution in [3.63, 3.8) is 0 Å². The minimum Gasteiger partial charge on any atom is -0.493 e. The fraction of sp³-hybridized carbons (Fsp3) is 0.312. The van der Waals surface area contributed by atoms with Crippen LogP contribution in [0.5, 0.6) is 5.75 Å². The average molecular weight is 351 g/mol. The van der Waals surface area contributed by atoms with Gasteiger partial charge in [-0.1, -0.05) is 23.2 Å². The van der Waals surface area contributed by atoms with Gasteiger partial charge in [-0.05, 0) is 6.92 Å². The third kappa shape index (κ3) is 2.23. The minimum atomic E-state index is 0.514. The van der Waals surface area contributed by atoms with Crippen LogP contribution >= 0.6 is 23.2 Å². The van der Waals surface area contributed by atoms with Crippen LogP contribution in [-0.4, -0.2) is 27.9 Å². The Kier molecular flexibility index (Phi) is 3.71. The van der Waals surface area contributed by atoms with Crippen LogP contribution < -0.4 is 10.1 Å². The zero-order valence-corrected chi connectivity index (χ0v) is 14.1. The van der Waals surface area contributed by atoms with E-state index in [2.05, 4.69) is 20.1 Å². The van der Waals surface area contributed by atoms with E-state index in [1.165, 1.54) is 5.69 Å². The number of nitrogens with one attached hydrogen (secondary N) is 2. The molecule has 0 spiro atoms. The van der Waals surface area contributed by atoms with E-state index in [1.54, 1.807) is 6.07 Å². The van der Waals surface area contributed by atoms with E-state index in [0.717, 1.165) is 47.4 Å². The number of fused-ring (bicyclic) bond motifs is 3. The zero-order valence-electron chi connectivity index (χ0n) is 12.6. The van der Waals surface area contributed by atoms with Gasteiger partial charge in [-0.15, -0.1) is 0 Å². The lowest BCUT2D eigenvalue weighted by molar-refractivity contribution is 0.344. The molecule has 0 atom stereocenters. The van der Waals surface area contributed by atoms with Crippen molar-refractivity contribution in [1.29, 1.82) is 0 Å². The van der Waals surface area contributed by atoms with Crippen molar-refractivity contribution in [1.82, 2.24) is 20.1 Å². The van der Waals surface area contributed by atoms with E-state index in [4.69, 9.17) is 27.9 Å². The molecule has 0 unspecified atom stereocenters. The van der Waals surface area contributed by atoms with Crippen LogP contribution in [0.15, 0.2) is 18.5 Å². The normalized spacial score (nSPS) is 14.2. The Bertz CT molecular complexity index is 870. The van der Waals surface area contributed by atoms with Crippen LogP contribution in [-0.2, 0) is 13.1 Å². The second kappa shape index (κ2) is 5.74. The first-order valence-electron chi connectivity index (χ1n) is 7.58. The summed E-state index contributed by atoms with van der Waals surface area (Å²) in [5.74, 6) is 0.759. The number of rotatable bonds is 3. The molecule has 0 saturated carbocycles. The number of nitrogens with zero attached hydrogens (tertiary/aromatic N) is 2. The van der Waals surface area contributed by atoms with Crippen molar-refractivity contribution in [2.75, 3.05) is 13.2 Å². The molecule has 0 fully saturated rings. The summed E-state index contributed by atoms with van der Waals surface area (Å²) in [7, 11) is 0. The number of benzene rings is 1. The molecule has 4 rings (SSSR count). The lowest BCUT2D eigenvalue weighted by atomic mass is 10.0. The molecule has 3 heterocycles. The molecule has 0 amide bonds. The number of hydrogen-bond donors (Lipinski definition) is 2. The summed E-state index contributed by atoms with van der Waals surface area (Å²) in [5.41, 5.74) is 4.24. The van der Waals surface area contributed by atoms with Gasteiger partial charge in [0.15, 0.2) is 0 Å². The molecule has 1 aliphatic rings. The molecule has 2 N–H and O–H groups in total. The molecule has 1 aromatic carbocycles. The summed E-state index contributed by atoms with van der Waals surface area (Å²) in [5, 5.41) is 12.5. The van der Waals surface area contributed by atoms with Crippen molar-refractivity contribution >= 4 is 34.1 Å². The van der Waals surface area contributed by atoms with Gasteiger partial charge in [-0.25, -0.2) is 0 Å². The van der Waals surface area contributed by atoms with Gasteiger partial charge < -0.3 is 14.6 Å². The van der Waals surface area contributed by atoms with E-state index in [-0.39, 0.29) is 0 Å². The van der Waals surface area contributed by atoms with Crippen LogP contribution in [0.25, 0.3) is 22.0 Å². The van der Waals surface area contributed by atoms with Crippen molar-refractivity contribution < 1.29 is 4.74 Å². The zero-order chi connectivity index (χ0) is 16.0. The lowest BCUT2D eigenvalue weighted by Crippen LogP contribution is -2.27. The molecule has 0 aliphatic carbocycles.